The van der Waals surface area contributed by atoms with Crippen molar-refractivity contribution in [2.24, 2.45) is 0 Å². The van der Waals surface area contributed by atoms with Gasteiger partial charge >= 0.3 is 0 Å². The van der Waals surface area contributed by atoms with E-state index in [4.69, 9.17) is 9.47 Å². The van der Waals surface area contributed by atoms with Gasteiger partial charge in [-0.1, -0.05) is 6.07 Å². The Morgan fingerprint density at radius 1 is 1.04 bits per heavy atom. The zero-order valence-electron chi connectivity index (χ0n) is 15.2. The van der Waals surface area contributed by atoms with Crippen molar-refractivity contribution in [3.63, 3.8) is 0 Å². The molecule has 2 amide bonds. The molecule has 2 rings (SSSR count). The number of amides is 2. The Labute approximate surface area is 155 Å². The van der Waals surface area contributed by atoms with Gasteiger partial charge in [0, 0.05) is 19.5 Å². The van der Waals surface area contributed by atoms with Crippen LogP contribution in [0, 0.1) is 11.6 Å². The Kier molecular flexibility index (Phi) is 6.70. The number of benzene rings is 2. The van der Waals surface area contributed by atoms with Crippen LogP contribution in [0.2, 0.25) is 0 Å². The van der Waals surface area contributed by atoms with Gasteiger partial charge in [0.1, 0.15) is 18.2 Å². The normalized spacial score (nSPS) is 10.3. The van der Waals surface area contributed by atoms with E-state index in [0.29, 0.717) is 17.6 Å². The van der Waals surface area contributed by atoms with E-state index in [2.05, 4.69) is 5.32 Å². The average Bonchev–Trinajstić information content (AvgIpc) is 2.64. The van der Waals surface area contributed by atoms with Crippen molar-refractivity contribution in [1.82, 2.24) is 5.32 Å². The van der Waals surface area contributed by atoms with Crippen molar-refractivity contribution < 1.29 is 27.8 Å². The minimum atomic E-state index is -0.919. The summed E-state index contributed by atoms with van der Waals surface area (Å²) in [7, 11) is 3.02. The summed E-state index contributed by atoms with van der Waals surface area (Å²) >= 11 is 0. The van der Waals surface area contributed by atoms with Crippen LogP contribution in [0.15, 0.2) is 36.4 Å². The summed E-state index contributed by atoms with van der Waals surface area (Å²) in [6.07, 6.45) is 0. The average molecular weight is 378 g/mol. The molecule has 0 aliphatic heterocycles. The summed E-state index contributed by atoms with van der Waals surface area (Å²) in [4.78, 5) is 24.9. The lowest BCUT2D eigenvalue weighted by molar-refractivity contribution is -0.123. The molecule has 0 aliphatic rings. The molecule has 0 heterocycles. The number of carbonyl (C=O) groups is 2. The summed E-state index contributed by atoms with van der Waals surface area (Å²) in [6.45, 7) is 0.979. The molecule has 0 fully saturated rings. The minimum absolute atomic E-state index is 0.162. The summed E-state index contributed by atoms with van der Waals surface area (Å²) in [5.74, 6) is -1.65. The van der Waals surface area contributed by atoms with E-state index in [9.17, 15) is 18.4 Å². The first kappa shape index (κ1) is 20.2. The number of hydrogen-bond donors (Lipinski definition) is 1. The summed E-state index contributed by atoms with van der Waals surface area (Å²) in [6, 6.07) is 7.97. The lowest BCUT2D eigenvalue weighted by Gasteiger charge is -2.21. The van der Waals surface area contributed by atoms with Gasteiger partial charge in [0.25, 0.3) is 0 Å². The molecule has 0 bridgehead atoms. The Balaban J connectivity index is 2.05. The van der Waals surface area contributed by atoms with Gasteiger partial charge in [-0.2, -0.15) is 0 Å². The molecule has 0 spiro atoms. The molecule has 6 nitrogen and oxygen atoms in total. The summed E-state index contributed by atoms with van der Waals surface area (Å²) in [5, 5.41) is 2.65. The molecule has 27 heavy (non-hydrogen) atoms. The number of methoxy groups -OCH3 is 2. The zero-order chi connectivity index (χ0) is 20.0. The number of ether oxygens (including phenoxy) is 2. The van der Waals surface area contributed by atoms with Crippen molar-refractivity contribution in [2.45, 2.75) is 13.5 Å². The molecule has 0 radical (unpaired) electrons. The van der Waals surface area contributed by atoms with E-state index in [-0.39, 0.29) is 12.2 Å². The third-order valence-corrected chi connectivity index (χ3v) is 3.82. The number of hydrogen-bond acceptors (Lipinski definition) is 4. The van der Waals surface area contributed by atoms with Gasteiger partial charge in [0.05, 0.1) is 19.9 Å². The standard InChI is InChI=1S/C19H20F2N2O4/c1-12(24)23(16-6-5-14(20)9-15(16)21)11-19(25)22-10-13-4-7-17(26-2)18(8-13)27-3/h4-9H,10-11H2,1-3H3,(H,22,25). The predicted octanol–water partition coefficient (Wildman–Crippen LogP) is 2.65. The van der Waals surface area contributed by atoms with Crippen molar-refractivity contribution in [1.29, 1.82) is 0 Å². The first-order valence-corrected chi connectivity index (χ1v) is 8.06. The van der Waals surface area contributed by atoms with Gasteiger partial charge in [-0.3, -0.25) is 9.59 Å². The van der Waals surface area contributed by atoms with Gasteiger partial charge in [-0.25, -0.2) is 8.78 Å². The van der Waals surface area contributed by atoms with E-state index in [1.807, 2.05) is 0 Å². The van der Waals surface area contributed by atoms with Crippen molar-refractivity contribution >= 4 is 17.5 Å². The van der Waals surface area contributed by atoms with Crippen molar-refractivity contribution in [3.05, 3.63) is 53.6 Å². The number of halogens is 2. The van der Waals surface area contributed by atoms with Gasteiger partial charge < -0.3 is 19.7 Å². The lowest BCUT2D eigenvalue weighted by Crippen LogP contribution is -2.40. The molecule has 0 unspecified atom stereocenters. The van der Waals surface area contributed by atoms with E-state index in [0.717, 1.165) is 22.6 Å². The number of anilines is 1. The summed E-state index contributed by atoms with van der Waals surface area (Å²) in [5.41, 5.74) is 0.591. The molecule has 8 heteroatoms. The van der Waals surface area contributed by atoms with E-state index >= 15 is 0 Å². The topological polar surface area (TPSA) is 67.9 Å². The number of rotatable bonds is 7. The smallest absolute Gasteiger partial charge is 0.240 e. The fourth-order valence-electron chi connectivity index (χ4n) is 2.46. The maximum Gasteiger partial charge on any atom is 0.240 e. The van der Waals surface area contributed by atoms with Crippen LogP contribution in [0.1, 0.15) is 12.5 Å². The van der Waals surface area contributed by atoms with Crippen LogP contribution in [0.5, 0.6) is 11.5 Å². The van der Waals surface area contributed by atoms with Crippen molar-refractivity contribution in [2.75, 3.05) is 25.7 Å². The highest BCUT2D eigenvalue weighted by Crippen LogP contribution is 2.27. The van der Waals surface area contributed by atoms with Gasteiger partial charge in [-0.15, -0.1) is 0 Å². The minimum Gasteiger partial charge on any atom is -0.493 e. The zero-order valence-corrected chi connectivity index (χ0v) is 15.2. The molecule has 0 atom stereocenters. The number of nitrogens with zero attached hydrogens (tertiary/aromatic N) is 1. The van der Waals surface area contributed by atoms with E-state index < -0.39 is 30.0 Å². The van der Waals surface area contributed by atoms with E-state index in [1.54, 1.807) is 18.2 Å². The highest BCUT2D eigenvalue weighted by molar-refractivity contribution is 5.97. The molecule has 2 aromatic rings. The fourth-order valence-corrected chi connectivity index (χ4v) is 2.46. The maximum absolute atomic E-state index is 13.9. The maximum atomic E-state index is 13.9. The van der Waals surface area contributed by atoms with E-state index in [1.165, 1.54) is 21.1 Å². The predicted molar refractivity (Wildman–Crippen MR) is 95.8 cm³/mol. The molecule has 1 N–H and O–H groups in total. The molecule has 0 saturated carbocycles. The van der Waals surface area contributed by atoms with Crippen molar-refractivity contribution in [3.8, 4) is 11.5 Å². The molecule has 0 aliphatic carbocycles. The number of nitrogens with one attached hydrogen (secondary N) is 1. The molecular formula is C19H20F2N2O4. The quantitative estimate of drug-likeness (QED) is 0.804. The Hall–Kier alpha value is -3.16. The second-order valence-electron chi connectivity index (χ2n) is 5.67. The van der Waals surface area contributed by atoms with Gasteiger partial charge in [0.15, 0.2) is 11.5 Å². The first-order chi connectivity index (χ1) is 12.8. The second kappa shape index (κ2) is 8.98. The Morgan fingerprint density at radius 2 is 1.74 bits per heavy atom. The first-order valence-electron chi connectivity index (χ1n) is 8.06. The van der Waals surface area contributed by atoms with Gasteiger partial charge in [0.2, 0.25) is 11.8 Å². The Morgan fingerprint density at radius 3 is 2.33 bits per heavy atom. The lowest BCUT2D eigenvalue weighted by atomic mass is 10.2. The highest BCUT2D eigenvalue weighted by Gasteiger charge is 2.19. The van der Waals surface area contributed by atoms with Crippen LogP contribution < -0.4 is 19.7 Å². The van der Waals surface area contributed by atoms with Crippen LogP contribution in [-0.2, 0) is 16.1 Å². The van der Waals surface area contributed by atoms with Crippen LogP contribution in [0.25, 0.3) is 0 Å². The molecule has 0 saturated heterocycles. The number of carbonyl (C=O) groups excluding carboxylic acids is 2. The Bertz CT molecular complexity index is 842. The highest BCUT2D eigenvalue weighted by atomic mass is 19.1. The van der Waals surface area contributed by atoms with Crippen LogP contribution in [-0.4, -0.2) is 32.6 Å². The fraction of sp³-hybridized carbons (Fsp3) is 0.263. The largest absolute Gasteiger partial charge is 0.493 e. The van der Waals surface area contributed by atoms with Crippen LogP contribution in [0.3, 0.4) is 0 Å². The third-order valence-electron chi connectivity index (χ3n) is 3.82. The molecule has 144 valence electrons. The third kappa shape index (κ3) is 5.16. The van der Waals surface area contributed by atoms with Crippen LogP contribution in [0.4, 0.5) is 14.5 Å². The van der Waals surface area contributed by atoms with Gasteiger partial charge in [-0.05, 0) is 29.8 Å². The molecule has 2 aromatic carbocycles. The monoisotopic (exact) mass is 378 g/mol. The molecular weight excluding hydrogens is 358 g/mol. The SMILES string of the molecule is COc1ccc(CNC(=O)CN(C(C)=O)c2ccc(F)cc2F)cc1OC. The second-order valence-corrected chi connectivity index (χ2v) is 5.67. The molecule has 0 aromatic heterocycles. The summed E-state index contributed by atoms with van der Waals surface area (Å²) < 4.78 is 37.3. The van der Waals surface area contributed by atoms with Crippen LogP contribution >= 0.6 is 0 Å².